The average Bonchev–Trinajstić information content (AvgIpc) is 3.72. The van der Waals surface area contributed by atoms with Crippen molar-refractivity contribution in [2.45, 2.75) is 51.1 Å². The first-order valence-corrected chi connectivity index (χ1v) is 14.0. The van der Waals surface area contributed by atoms with Crippen molar-refractivity contribution < 1.29 is 27.1 Å². The molecule has 218 valence electrons. The topological polar surface area (TPSA) is 69.7 Å². The van der Waals surface area contributed by atoms with Gasteiger partial charge in [0.15, 0.2) is 0 Å². The minimum absolute atomic E-state index is 0.0272. The predicted molar refractivity (Wildman–Crippen MR) is 146 cm³/mol. The molecule has 40 heavy (non-hydrogen) atoms. The third-order valence-corrected chi connectivity index (χ3v) is 8.52. The van der Waals surface area contributed by atoms with Crippen LogP contribution in [0.4, 0.5) is 33.9 Å². The largest absolute Gasteiger partial charge is 0.394 e. The lowest BCUT2D eigenvalue weighted by molar-refractivity contribution is -0.188. The first-order valence-electron chi connectivity index (χ1n) is 14.0. The summed E-state index contributed by atoms with van der Waals surface area (Å²) < 4.78 is 60.0. The molecule has 1 aliphatic carbocycles. The number of amides is 2. The highest BCUT2D eigenvalue weighted by Crippen LogP contribution is 2.59. The van der Waals surface area contributed by atoms with Crippen molar-refractivity contribution in [1.29, 1.82) is 0 Å². The number of ether oxygens (including phenoxy) is 1. The number of hydrogen-bond donors (Lipinski definition) is 2. The zero-order valence-corrected chi connectivity index (χ0v) is 23.0. The Hall–Kier alpha value is -2.92. The zero-order chi connectivity index (χ0) is 28.5. The number of carbonyl (C=O) groups excluding carboxylic acids is 1. The van der Waals surface area contributed by atoms with Crippen LogP contribution in [0, 0.1) is 18.2 Å². The molecule has 0 spiro atoms. The summed E-state index contributed by atoms with van der Waals surface area (Å²) >= 11 is 0. The van der Waals surface area contributed by atoms with E-state index in [1.807, 2.05) is 19.1 Å². The number of likely N-dealkylation sites (N-methyl/N-ethyl adjacent to an activating group) is 1. The molecule has 3 fully saturated rings. The highest BCUT2D eigenvalue weighted by Gasteiger charge is 2.62. The molecule has 11 heteroatoms. The van der Waals surface area contributed by atoms with E-state index in [4.69, 9.17) is 9.72 Å². The number of urea groups is 1. The Bertz CT molecular complexity index is 1220. The molecule has 7 nitrogen and oxygen atoms in total. The molecule has 2 aromatic rings. The number of hydrogen-bond acceptors (Lipinski definition) is 5. The third-order valence-electron chi connectivity index (χ3n) is 8.52. The highest BCUT2D eigenvalue weighted by molar-refractivity contribution is 5.90. The number of piperazine rings is 1. The lowest BCUT2D eigenvalue weighted by Crippen LogP contribution is -2.44. The van der Waals surface area contributed by atoms with E-state index in [2.05, 4.69) is 27.5 Å². The Balaban J connectivity index is 1.37. The monoisotopic (exact) mass is 563 g/mol. The van der Waals surface area contributed by atoms with Gasteiger partial charge in [-0.15, -0.1) is 0 Å². The van der Waals surface area contributed by atoms with Crippen molar-refractivity contribution in [2.24, 2.45) is 5.41 Å². The summed E-state index contributed by atoms with van der Waals surface area (Å²) in [6.45, 7) is 6.61. The van der Waals surface area contributed by atoms with Gasteiger partial charge in [-0.25, -0.2) is 14.2 Å². The molecule has 2 aliphatic heterocycles. The number of aromatic nitrogens is 1. The Morgan fingerprint density at radius 3 is 2.45 bits per heavy atom. The van der Waals surface area contributed by atoms with Crippen molar-refractivity contribution in [2.75, 3.05) is 63.2 Å². The van der Waals surface area contributed by atoms with E-state index in [0.717, 1.165) is 61.7 Å². The van der Waals surface area contributed by atoms with Crippen molar-refractivity contribution in [3.63, 3.8) is 0 Å². The zero-order valence-electron chi connectivity index (χ0n) is 23.0. The maximum atomic E-state index is 14.9. The molecule has 0 radical (unpaired) electrons. The van der Waals surface area contributed by atoms with Gasteiger partial charge in [0.1, 0.15) is 11.6 Å². The second-order valence-corrected chi connectivity index (χ2v) is 11.4. The molecule has 0 unspecified atom stereocenters. The lowest BCUT2D eigenvalue weighted by atomic mass is 9.92. The normalized spacial score (nSPS) is 19.9. The predicted octanol–water partition coefficient (Wildman–Crippen LogP) is 5.70. The molecule has 0 bridgehead atoms. The van der Waals surface area contributed by atoms with E-state index in [-0.39, 0.29) is 37.4 Å². The molecular formula is C29H37F4N5O2. The number of rotatable bonds is 7. The van der Waals surface area contributed by atoms with Crippen LogP contribution in [0.25, 0.3) is 11.1 Å². The van der Waals surface area contributed by atoms with Crippen LogP contribution >= 0.6 is 0 Å². The molecular weight excluding hydrogens is 526 g/mol. The van der Waals surface area contributed by atoms with Gasteiger partial charge in [-0.1, -0.05) is 0 Å². The summed E-state index contributed by atoms with van der Waals surface area (Å²) in [6, 6.07) is 6.30. The Morgan fingerprint density at radius 2 is 1.80 bits per heavy atom. The minimum atomic E-state index is -4.28. The van der Waals surface area contributed by atoms with Crippen molar-refractivity contribution in [3.05, 3.63) is 41.3 Å². The quantitative estimate of drug-likeness (QED) is 0.424. The number of nitrogens with one attached hydrogen (secondary N) is 2. The van der Waals surface area contributed by atoms with Crippen molar-refractivity contribution in [1.82, 2.24) is 15.2 Å². The van der Waals surface area contributed by atoms with Crippen LogP contribution in [0.1, 0.15) is 49.3 Å². The van der Waals surface area contributed by atoms with E-state index in [1.54, 1.807) is 6.07 Å². The number of aryl methyl sites for hydroxylation is 1. The molecule has 3 heterocycles. The first-order chi connectivity index (χ1) is 19.0. The number of halogens is 4. The summed E-state index contributed by atoms with van der Waals surface area (Å²) in [4.78, 5) is 22.1. The smallest absolute Gasteiger partial charge is 0.381 e. The van der Waals surface area contributed by atoms with Crippen molar-refractivity contribution >= 4 is 17.5 Å². The fourth-order valence-corrected chi connectivity index (χ4v) is 5.58. The van der Waals surface area contributed by atoms with Gasteiger partial charge < -0.3 is 25.2 Å². The van der Waals surface area contributed by atoms with Gasteiger partial charge in [-0.05, 0) is 87.0 Å². The van der Waals surface area contributed by atoms with Crippen LogP contribution < -0.4 is 15.5 Å². The lowest BCUT2D eigenvalue weighted by Gasteiger charge is -2.34. The van der Waals surface area contributed by atoms with E-state index in [0.29, 0.717) is 18.8 Å². The number of pyridine rings is 1. The molecule has 2 saturated heterocycles. The fraction of sp³-hybridized carbons (Fsp3) is 0.586. The van der Waals surface area contributed by atoms with Crippen LogP contribution in [0.5, 0.6) is 0 Å². The van der Waals surface area contributed by atoms with Gasteiger partial charge >= 0.3 is 12.2 Å². The van der Waals surface area contributed by atoms with Gasteiger partial charge in [0.05, 0.1) is 11.1 Å². The van der Waals surface area contributed by atoms with E-state index in [1.165, 1.54) is 6.07 Å². The maximum Gasteiger partial charge on any atom is 0.394 e. The van der Waals surface area contributed by atoms with Gasteiger partial charge in [0.2, 0.25) is 0 Å². The average molecular weight is 564 g/mol. The van der Waals surface area contributed by atoms with Gasteiger partial charge in [0.25, 0.3) is 0 Å². The highest BCUT2D eigenvalue weighted by atomic mass is 19.4. The number of alkyl halides is 3. The Kier molecular flexibility index (Phi) is 8.24. The number of carbonyl (C=O) groups is 1. The van der Waals surface area contributed by atoms with E-state index < -0.39 is 23.4 Å². The van der Waals surface area contributed by atoms with E-state index >= 15 is 0 Å². The fourth-order valence-electron chi connectivity index (χ4n) is 5.58. The Labute approximate surface area is 232 Å². The SMILES string of the molecule is Cc1cc(F)c(NC(=O)NCCC2(C(F)(F)F)CC2)cc1-c1cc(C2CCOCC2)nc(N2CCN(C)CC2)c1. The molecule has 1 aromatic heterocycles. The third kappa shape index (κ3) is 6.35. The van der Waals surface area contributed by atoms with Crippen molar-refractivity contribution in [3.8, 4) is 11.1 Å². The number of nitrogens with zero attached hydrogens (tertiary/aromatic N) is 3. The molecule has 5 rings (SSSR count). The standard InChI is InChI=1S/C29H37F4N5O2/c1-19-15-23(30)25(36-27(39)34-8-7-28(5-6-28)29(31,32)33)18-22(19)21-16-24(20-3-13-40-14-4-20)35-26(17-21)38-11-9-37(2)10-12-38/h15-18,20H,3-14H2,1-2H3,(H2,34,36,39). The van der Waals surface area contributed by atoms with Gasteiger partial charge in [-0.2, -0.15) is 13.2 Å². The van der Waals surface area contributed by atoms with Crippen LogP contribution in [0.15, 0.2) is 24.3 Å². The van der Waals surface area contributed by atoms with Gasteiger partial charge in [-0.3, -0.25) is 0 Å². The molecule has 0 atom stereocenters. The van der Waals surface area contributed by atoms with Crippen LogP contribution in [0.2, 0.25) is 0 Å². The molecule has 1 aromatic carbocycles. The molecule has 3 aliphatic rings. The summed E-state index contributed by atoms with van der Waals surface area (Å²) in [5.74, 6) is 0.528. The summed E-state index contributed by atoms with van der Waals surface area (Å²) in [5, 5.41) is 4.96. The first kappa shape index (κ1) is 28.6. The molecule has 1 saturated carbocycles. The summed E-state index contributed by atoms with van der Waals surface area (Å²) in [5.41, 5.74) is 1.60. The molecule has 2 amide bonds. The van der Waals surface area contributed by atoms with Crippen LogP contribution in [-0.2, 0) is 4.74 Å². The summed E-state index contributed by atoms with van der Waals surface area (Å²) in [6.07, 6.45) is -2.55. The van der Waals surface area contributed by atoms with Crippen LogP contribution in [-0.4, -0.2) is 75.1 Å². The van der Waals surface area contributed by atoms with E-state index in [9.17, 15) is 22.4 Å². The minimum Gasteiger partial charge on any atom is -0.381 e. The Morgan fingerprint density at radius 1 is 1.10 bits per heavy atom. The number of benzene rings is 1. The summed E-state index contributed by atoms with van der Waals surface area (Å²) in [7, 11) is 2.10. The van der Waals surface area contributed by atoms with Gasteiger partial charge in [0, 0.05) is 57.5 Å². The molecule has 2 N–H and O–H groups in total. The van der Waals surface area contributed by atoms with Crippen LogP contribution in [0.3, 0.4) is 0 Å². The second kappa shape index (κ2) is 11.5. The number of anilines is 2. The second-order valence-electron chi connectivity index (χ2n) is 11.4. The maximum absolute atomic E-state index is 14.9.